The van der Waals surface area contributed by atoms with Crippen molar-refractivity contribution in [1.82, 2.24) is 5.32 Å². The first-order valence-electron chi connectivity index (χ1n) is 15.9. The highest BCUT2D eigenvalue weighted by atomic mass is 16.5. The van der Waals surface area contributed by atoms with E-state index in [2.05, 4.69) is 46.0 Å². The van der Waals surface area contributed by atoms with E-state index >= 15 is 0 Å². The lowest BCUT2D eigenvalue weighted by Gasteiger charge is -2.58. The number of rotatable bonds is 12. The third-order valence-electron chi connectivity index (χ3n) is 11.5. The lowest BCUT2D eigenvalue weighted by molar-refractivity contribution is -0.142. The van der Waals surface area contributed by atoms with Gasteiger partial charge in [-0.25, -0.2) is 0 Å². The highest BCUT2D eigenvalue weighted by Gasteiger charge is 2.59. The molecular formula is C33H57NO3. The standard InChI is InChI=1S/C33H57NO3/c1-7-36-31(35)22-34-19-20-37-26-15-17-32(5)25(21-26)11-12-27-29-14-13-28(24(4)10-8-9-23(2)3)33(29,6)18-16-30(27)32/h11,23-24,26-30,34H,7-10,12-22H2,1-6H3. The fourth-order valence-corrected chi connectivity index (χ4v) is 9.49. The number of carbonyl (C=O) groups excluding carboxylic acids is 1. The predicted octanol–water partition coefficient (Wildman–Crippen LogP) is 7.57. The van der Waals surface area contributed by atoms with Crippen molar-refractivity contribution in [3.8, 4) is 0 Å². The summed E-state index contributed by atoms with van der Waals surface area (Å²) in [7, 11) is 0. The molecule has 0 aromatic carbocycles. The van der Waals surface area contributed by atoms with Crippen molar-refractivity contribution in [1.29, 1.82) is 0 Å². The number of hydrogen-bond donors (Lipinski definition) is 1. The summed E-state index contributed by atoms with van der Waals surface area (Å²) in [4.78, 5) is 11.5. The Hall–Kier alpha value is -0.870. The predicted molar refractivity (Wildman–Crippen MR) is 152 cm³/mol. The molecule has 8 unspecified atom stereocenters. The molecule has 37 heavy (non-hydrogen) atoms. The van der Waals surface area contributed by atoms with Crippen molar-refractivity contribution < 1.29 is 14.3 Å². The Morgan fingerprint density at radius 2 is 1.89 bits per heavy atom. The third-order valence-corrected chi connectivity index (χ3v) is 11.5. The van der Waals surface area contributed by atoms with E-state index in [-0.39, 0.29) is 12.5 Å². The van der Waals surface area contributed by atoms with Gasteiger partial charge in [-0.05, 0) is 105 Å². The summed E-state index contributed by atoms with van der Waals surface area (Å²) in [6.07, 6.45) is 17.9. The number of hydrogen-bond acceptors (Lipinski definition) is 4. The van der Waals surface area contributed by atoms with Crippen LogP contribution in [0.5, 0.6) is 0 Å². The number of allylic oxidation sites excluding steroid dienone is 1. The van der Waals surface area contributed by atoms with Crippen molar-refractivity contribution in [3.05, 3.63) is 11.6 Å². The Morgan fingerprint density at radius 3 is 2.65 bits per heavy atom. The largest absolute Gasteiger partial charge is 0.465 e. The second kappa shape index (κ2) is 12.5. The zero-order valence-electron chi connectivity index (χ0n) is 25.0. The molecular weight excluding hydrogens is 458 g/mol. The molecule has 0 amide bonds. The number of esters is 1. The summed E-state index contributed by atoms with van der Waals surface area (Å²) in [5, 5.41) is 3.15. The number of fused-ring (bicyclic) bond motifs is 5. The van der Waals surface area contributed by atoms with Crippen LogP contribution < -0.4 is 5.32 Å². The van der Waals surface area contributed by atoms with Gasteiger partial charge in [0.1, 0.15) is 0 Å². The zero-order chi connectivity index (χ0) is 26.6. The van der Waals surface area contributed by atoms with Crippen LogP contribution in [0.15, 0.2) is 11.6 Å². The molecule has 0 spiro atoms. The Labute approximate surface area is 228 Å². The van der Waals surface area contributed by atoms with Gasteiger partial charge in [0.05, 0.1) is 25.9 Å². The molecule has 1 N–H and O–H groups in total. The zero-order valence-corrected chi connectivity index (χ0v) is 25.0. The monoisotopic (exact) mass is 515 g/mol. The van der Waals surface area contributed by atoms with E-state index in [9.17, 15) is 4.79 Å². The van der Waals surface area contributed by atoms with E-state index in [4.69, 9.17) is 9.47 Å². The minimum atomic E-state index is -0.185. The van der Waals surface area contributed by atoms with Crippen molar-refractivity contribution >= 4 is 5.97 Å². The lowest BCUT2D eigenvalue weighted by atomic mass is 9.47. The Bertz CT molecular complexity index is 792. The Morgan fingerprint density at radius 1 is 1.08 bits per heavy atom. The second-order valence-corrected chi connectivity index (χ2v) is 14.0. The molecule has 0 aromatic rings. The number of carbonyl (C=O) groups is 1. The van der Waals surface area contributed by atoms with Crippen LogP contribution in [-0.2, 0) is 14.3 Å². The van der Waals surface area contributed by atoms with Gasteiger partial charge in [-0.2, -0.15) is 0 Å². The molecule has 0 heterocycles. The first-order chi connectivity index (χ1) is 17.7. The van der Waals surface area contributed by atoms with Gasteiger partial charge in [-0.3, -0.25) is 4.79 Å². The summed E-state index contributed by atoms with van der Waals surface area (Å²) in [5.41, 5.74) is 2.65. The van der Waals surface area contributed by atoms with Crippen LogP contribution in [0, 0.1) is 46.3 Å². The van der Waals surface area contributed by atoms with E-state index < -0.39 is 0 Å². The van der Waals surface area contributed by atoms with E-state index in [1.54, 1.807) is 5.57 Å². The smallest absolute Gasteiger partial charge is 0.319 e. The number of ether oxygens (including phenoxy) is 2. The molecule has 4 aliphatic carbocycles. The normalized spacial score (nSPS) is 37.9. The fraction of sp³-hybridized carbons (Fsp3) is 0.909. The van der Waals surface area contributed by atoms with E-state index in [1.165, 1.54) is 64.2 Å². The average Bonchev–Trinajstić information content (AvgIpc) is 3.21. The molecule has 0 bridgehead atoms. The van der Waals surface area contributed by atoms with Gasteiger partial charge in [-0.1, -0.05) is 65.5 Å². The van der Waals surface area contributed by atoms with Crippen LogP contribution in [0.2, 0.25) is 0 Å². The molecule has 0 aliphatic heterocycles. The van der Waals surface area contributed by atoms with Crippen LogP contribution in [0.1, 0.15) is 112 Å². The highest BCUT2D eigenvalue weighted by molar-refractivity contribution is 5.71. The van der Waals surface area contributed by atoms with Crippen molar-refractivity contribution in [2.45, 2.75) is 118 Å². The molecule has 0 aromatic heterocycles. The van der Waals surface area contributed by atoms with Gasteiger partial charge in [0.25, 0.3) is 0 Å². The van der Waals surface area contributed by atoms with Crippen LogP contribution >= 0.6 is 0 Å². The molecule has 0 saturated heterocycles. The molecule has 3 fully saturated rings. The van der Waals surface area contributed by atoms with Crippen molar-refractivity contribution in [2.75, 3.05) is 26.3 Å². The minimum Gasteiger partial charge on any atom is -0.465 e. The van der Waals surface area contributed by atoms with Crippen molar-refractivity contribution in [3.63, 3.8) is 0 Å². The summed E-state index contributed by atoms with van der Waals surface area (Å²) < 4.78 is 11.2. The molecule has 4 heteroatoms. The third kappa shape index (κ3) is 6.32. The van der Waals surface area contributed by atoms with E-state index in [0.29, 0.717) is 36.7 Å². The molecule has 8 atom stereocenters. The quantitative estimate of drug-likeness (QED) is 0.165. The fourth-order valence-electron chi connectivity index (χ4n) is 9.49. The molecule has 0 radical (unpaired) electrons. The van der Waals surface area contributed by atoms with Crippen molar-refractivity contribution in [2.24, 2.45) is 46.3 Å². The Balaban J connectivity index is 1.31. The maximum atomic E-state index is 11.5. The maximum absolute atomic E-state index is 11.5. The van der Waals surface area contributed by atoms with Gasteiger partial charge in [0.2, 0.25) is 0 Å². The SMILES string of the molecule is CCOC(=O)CNCCOC1CCC2(C)C(=CCC3C2CCC2(C)C(C(C)CCCC(C)C)CCC32)C1. The second-order valence-electron chi connectivity index (χ2n) is 14.0. The van der Waals surface area contributed by atoms with Gasteiger partial charge >= 0.3 is 5.97 Å². The molecule has 4 aliphatic rings. The first kappa shape index (κ1) is 29.1. The topological polar surface area (TPSA) is 47.6 Å². The van der Waals surface area contributed by atoms with Crippen LogP contribution in [0.3, 0.4) is 0 Å². The average molecular weight is 516 g/mol. The molecule has 4 rings (SSSR count). The molecule has 3 saturated carbocycles. The van der Waals surface area contributed by atoms with Gasteiger partial charge in [0.15, 0.2) is 0 Å². The summed E-state index contributed by atoms with van der Waals surface area (Å²) >= 11 is 0. The van der Waals surface area contributed by atoms with Crippen LogP contribution in [0.25, 0.3) is 0 Å². The van der Waals surface area contributed by atoms with E-state index in [0.717, 1.165) is 41.9 Å². The van der Waals surface area contributed by atoms with E-state index in [1.807, 2.05) is 6.92 Å². The van der Waals surface area contributed by atoms with Crippen LogP contribution in [-0.4, -0.2) is 38.4 Å². The number of nitrogens with one attached hydrogen (secondary N) is 1. The van der Waals surface area contributed by atoms with Gasteiger partial charge in [-0.15, -0.1) is 0 Å². The Kier molecular flexibility index (Phi) is 9.87. The first-order valence-corrected chi connectivity index (χ1v) is 15.9. The highest BCUT2D eigenvalue weighted by Crippen LogP contribution is 2.67. The summed E-state index contributed by atoms with van der Waals surface area (Å²) in [6, 6.07) is 0. The summed E-state index contributed by atoms with van der Waals surface area (Å²) in [6.45, 7) is 16.5. The van der Waals surface area contributed by atoms with Gasteiger partial charge in [0, 0.05) is 6.54 Å². The summed E-state index contributed by atoms with van der Waals surface area (Å²) in [5.74, 6) is 5.17. The van der Waals surface area contributed by atoms with Crippen LogP contribution in [0.4, 0.5) is 0 Å². The maximum Gasteiger partial charge on any atom is 0.319 e. The molecule has 212 valence electrons. The lowest BCUT2D eigenvalue weighted by Crippen LogP contribution is -2.51. The van der Waals surface area contributed by atoms with Gasteiger partial charge < -0.3 is 14.8 Å². The molecule has 4 nitrogen and oxygen atoms in total. The minimum absolute atomic E-state index is 0.185.